The molecule has 1 saturated heterocycles. The molecule has 1 aromatic rings. The summed E-state index contributed by atoms with van der Waals surface area (Å²) >= 11 is 0. The highest BCUT2D eigenvalue weighted by atomic mass is 16.3. The van der Waals surface area contributed by atoms with Crippen LogP contribution in [0.4, 0.5) is 5.69 Å². The Morgan fingerprint density at radius 1 is 1.19 bits per heavy atom. The van der Waals surface area contributed by atoms with Gasteiger partial charge in [0.25, 0.3) is 0 Å². The maximum atomic E-state index is 9.23. The van der Waals surface area contributed by atoms with E-state index in [1.54, 1.807) is 0 Å². The number of rotatable bonds is 6. The number of nitrogens with zero attached hydrogens (tertiary/aromatic N) is 1. The number of piperidine rings is 1. The molecule has 3 heteroatoms. The molecule has 3 nitrogen and oxygen atoms in total. The fourth-order valence-corrected chi connectivity index (χ4v) is 2.78. The van der Waals surface area contributed by atoms with E-state index in [0.717, 1.165) is 32.5 Å². The number of hydrogen-bond acceptors (Lipinski definition) is 3. The summed E-state index contributed by atoms with van der Waals surface area (Å²) in [5, 5.41) is 12.9. The highest BCUT2D eigenvalue weighted by Crippen LogP contribution is 2.23. The van der Waals surface area contributed by atoms with Crippen LogP contribution in [0.1, 0.15) is 39.2 Å². The van der Waals surface area contributed by atoms with Crippen LogP contribution in [-0.4, -0.2) is 35.7 Å². The van der Waals surface area contributed by atoms with Gasteiger partial charge in [0.2, 0.25) is 0 Å². The number of hydrogen-bond donors (Lipinski definition) is 2. The summed E-state index contributed by atoms with van der Waals surface area (Å²) in [7, 11) is 0. The van der Waals surface area contributed by atoms with Crippen molar-refractivity contribution in [1.29, 1.82) is 0 Å². The van der Waals surface area contributed by atoms with Gasteiger partial charge in [-0.05, 0) is 56.3 Å². The summed E-state index contributed by atoms with van der Waals surface area (Å²) in [6.45, 7) is 10.3. The SMILES string of the molecule is CC(C)C(C)Nc1ccccc1CN1CCC(CO)CC1. The topological polar surface area (TPSA) is 35.5 Å². The molecule has 2 N–H and O–H groups in total. The van der Waals surface area contributed by atoms with Crippen molar-refractivity contribution in [3.63, 3.8) is 0 Å². The zero-order valence-electron chi connectivity index (χ0n) is 13.7. The van der Waals surface area contributed by atoms with Crippen molar-refractivity contribution in [3.05, 3.63) is 29.8 Å². The first kappa shape index (κ1) is 16.3. The number of nitrogens with one attached hydrogen (secondary N) is 1. The molecule has 0 amide bonds. The molecule has 1 aliphatic rings. The van der Waals surface area contributed by atoms with Gasteiger partial charge in [-0.15, -0.1) is 0 Å². The van der Waals surface area contributed by atoms with Crippen LogP contribution >= 0.6 is 0 Å². The number of likely N-dealkylation sites (tertiary alicyclic amines) is 1. The average molecular weight is 290 g/mol. The maximum Gasteiger partial charge on any atom is 0.0460 e. The highest BCUT2D eigenvalue weighted by Gasteiger charge is 2.19. The molecule has 1 atom stereocenters. The summed E-state index contributed by atoms with van der Waals surface area (Å²) < 4.78 is 0. The zero-order valence-corrected chi connectivity index (χ0v) is 13.7. The average Bonchev–Trinajstić information content (AvgIpc) is 2.50. The predicted molar refractivity (Wildman–Crippen MR) is 89.5 cm³/mol. The van der Waals surface area contributed by atoms with E-state index in [-0.39, 0.29) is 0 Å². The quantitative estimate of drug-likeness (QED) is 0.843. The van der Waals surface area contributed by atoms with Crippen molar-refractivity contribution in [2.45, 2.75) is 46.2 Å². The molecular formula is C18H30N2O. The normalized spacial score (nSPS) is 18.9. The minimum atomic E-state index is 0.345. The lowest BCUT2D eigenvalue weighted by atomic mass is 9.97. The Balaban J connectivity index is 1.97. The van der Waals surface area contributed by atoms with E-state index in [9.17, 15) is 5.11 Å². The number of benzene rings is 1. The third-order valence-corrected chi connectivity index (χ3v) is 4.76. The van der Waals surface area contributed by atoms with Gasteiger partial charge in [-0.25, -0.2) is 0 Å². The van der Waals surface area contributed by atoms with E-state index in [1.165, 1.54) is 11.3 Å². The van der Waals surface area contributed by atoms with Crippen LogP contribution in [0.5, 0.6) is 0 Å². The first-order valence-electron chi connectivity index (χ1n) is 8.27. The van der Waals surface area contributed by atoms with Crippen LogP contribution in [0.15, 0.2) is 24.3 Å². The lowest BCUT2D eigenvalue weighted by Gasteiger charge is -2.32. The van der Waals surface area contributed by atoms with Gasteiger partial charge in [-0.2, -0.15) is 0 Å². The van der Waals surface area contributed by atoms with Gasteiger partial charge in [-0.3, -0.25) is 4.90 Å². The van der Waals surface area contributed by atoms with Crippen LogP contribution in [-0.2, 0) is 6.54 Å². The molecule has 0 spiro atoms. The number of aliphatic hydroxyl groups is 1. The van der Waals surface area contributed by atoms with Crippen LogP contribution in [0.25, 0.3) is 0 Å². The minimum absolute atomic E-state index is 0.345. The van der Waals surface area contributed by atoms with Gasteiger partial charge in [0.1, 0.15) is 0 Å². The van der Waals surface area contributed by atoms with Gasteiger partial charge in [0.15, 0.2) is 0 Å². The second-order valence-electron chi connectivity index (χ2n) is 6.74. The molecule has 0 bridgehead atoms. The third-order valence-electron chi connectivity index (χ3n) is 4.76. The smallest absolute Gasteiger partial charge is 0.0460 e. The van der Waals surface area contributed by atoms with Crippen LogP contribution in [0.3, 0.4) is 0 Å². The fourth-order valence-electron chi connectivity index (χ4n) is 2.78. The number of aliphatic hydroxyl groups excluding tert-OH is 1. The second kappa shape index (κ2) is 7.81. The minimum Gasteiger partial charge on any atom is -0.396 e. The van der Waals surface area contributed by atoms with E-state index in [1.807, 2.05) is 0 Å². The number of para-hydroxylation sites is 1. The molecule has 118 valence electrons. The van der Waals surface area contributed by atoms with Crippen LogP contribution in [0.2, 0.25) is 0 Å². The van der Waals surface area contributed by atoms with Crippen molar-refractivity contribution < 1.29 is 5.11 Å². The van der Waals surface area contributed by atoms with E-state index in [2.05, 4.69) is 55.3 Å². The Morgan fingerprint density at radius 3 is 2.48 bits per heavy atom. The first-order valence-corrected chi connectivity index (χ1v) is 8.27. The highest BCUT2D eigenvalue weighted by molar-refractivity contribution is 5.51. The molecule has 2 rings (SSSR count). The van der Waals surface area contributed by atoms with Gasteiger partial charge in [0, 0.05) is 24.9 Å². The summed E-state index contributed by atoms with van der Waals surface area (Å²) in [4.78, 5) is 2.51. The van der Waals surface area contributed by atoms with E-state index in [4.69, 9.17) is 0 Å². The Kier molecular flexibility index (Phi) is 6.07. The van der Waals surface area contributed by atoms with Crippen molar-refractivity contribution >= 4 is 5.69 Å². The van der Waals surface area contributed by atoms with Crippen LogP contribution < -0.4 is 5.32 Å². The molecule has 1 fully saturated rings. The van der Waals surface area contributed by atoms with E-state index in [0.29, 0.717) is 24.5 Å². The van der Waals surface area contributed by atoms with Gasteiger partial charge < -0.3 is 10.4 Å². The Hall–Kier alpha value is -1.06. The monoisotopic (exact) mass is 290 g/mol. The largest absolute Gasteiger partial charge is 0.396 e. The fraction of sp³-hybridized carbons (Fsp3) is 0.667. The summed E-state index contributed by atoms with van der Waals surface area (Å²) in [5.41, 5.74) is 2.65. The lowest BCUT2D eigenvalue weighted by Crippen LogP contribution is -2.34. The van der Waals surface area contributed by atoms with Crippen molar-refractivity contribution in [2.24, 2.45) is 11.8 Å². The summed E-state index contributed by atoms with van der Waals surface area (Å²) in [5.74, 6) is 1.13. The molecule has 0 saturated carbocycles. The molecular weight excluding hydrogens is 260 g/mol. The van der Waals surface area contributed by atoms with Crippen molar-refractivity contribution in [3.8, 4) is 0 Å². The summed E-state index contributed by atoms with van der Waals surface area (Å²) in [6, 6.07) is 9.13. The molecule has 0 radical (unpaired) electrons. The third kappa shape index (κ3) is 4.72. The Bertz CT molecular complexity index is 425. The maximum absolute atomic E-state index is 9.23. The second-order valence-corrected chi connectivity index (χ2v) is 6.74. The lowest BCUT2D eigenvalue weighted by molar-refractivity contribution is 0.127. The molecule has 0 aromatic heterocycles. The molecule has 1 aromatic carbocycles. The van der Waals surface area contributed by atoms with Gasteiger partial charge in [-0.1, -0.05) is 32.0 Å². The van der Waals surface area contributed by atoms with Crippen molar-refractivity contribution in [1.82, 2.24) is 4.90 Å². The Morgan fingerprint density at radius 2 is 1.86 bits per heavy atom. The predicted octanol–water partition coefficient (Wildman–Crippen LogP) is 3.35. The molecule has 1 aliphatic heterocycles. The van der Waals surface area contributed by atoms with Gasteiger partial charge in [0.05, 0.1) is 0 Å². The molecule has 0 aliphatic carbocycles. The zero-order chi connectivity index (χ0) is 15.2. The number of anilines is 1. The van der Waals surface area contributed by atoms with E-state index < -0.39 is 0 Å². The van der Waals surface area contributed by atoms with Gasteiger partial charge >= 0.3 is 0 Å². The molecule has 1 unspecified atom stereocenters. The van der Waals surface area contributed by atoms with Crippen LogP contribution in [0, 0.1) is 11.8 Å². The Labute approximate surface area is 129 Å². The molecule has 21 heavy (non-hydrogen) atoms. The van der Waals surface area contributed by atoms with Crippen molar-refractivity contribution in [2.75, 3.05) is 25.0 Å². The van der Waals surface area contributed by atoms with E-state index >= 15 is 0 Å². The molecule has 1 heterocycles. The first-order chi connectivity index (χ1) is 10.1. The standard InChI is InChI=1S/C18H30N2O/c1-14(2)15(3)19-18-7-5-4-6-17(18)12-20-10-8-16(13-21)9-11-20/h4-7,14-16,19,21H,8-13H2,1-3H3. The summed E-state index contributed by atoms with van der Waals surface area (Å²) in [6.07, 6.45) is 2.24.